The molecule has 0 radical (unpaired) electrons. The third-order valence-electron chi connectivity index (χ3n) is 25.6. The van der Waals surface area contributed by atoms with Crippen LogP contribution >= 0.6 is 0 Å². The molecule has 4 aliphatic carbocycles. The summed E-state index contributed by atoms with van der Waals surface area (Å²) >= 11 is 0. The second-order valence-corrected chi connectivity index (χ2v) is 34.5. The molecule has 0 aromatic rings. The van der Waals surface area contributed by atoms with E-state index < -0.39 is 166 Å². The minimum absolute atomic E-state index is 0.0196. The van der Waals surface area contributed by atoms with Gasteiger partial charge in [-0.05, 0) is 185 Å². The SMILES string of the molecule is COC[C@H]1OC(=O)/C(=C/N(C)CCCN(C)C)C2=C(O)C(=O)C3=C([C@H](OC(C)=O)C[C@]4(C)[C@@H](OC(=O)CCCCCCC(=O)O[C@@H]5CC[C@@H](C[C@@H](C)[C@@H]6CC(=O)[C@H](C)/C=C(\C)[C@@H](O)C(OC)C(=O)[C@H](C)C[C@H](C)/C=C/C=C/C=C(\C)C(OC)C[C@@H]7CC[C@@H](C)[C@@](O)(O7)C(=O)C(=O)N7CCCC[C@H]7C(=O)O6)C[C@H]5OC)CC[C@@H]34)[C@]21C. The first-order chi connectivity index (χ1) is 54.0. The Bertz CT molecular complexity index is 3680. The number of rotatable bonds is 23. The molecule has 636 valence electrons. The third-order valence-corrected chi connectivity index (χ3v) is 25.6. The number of carbonyl (C=O) groups excluding carboxylic acids is 10. The van der Waals surface area contributed by atoms with Crippen molar-refractivity contribution < 1.29 is 111 Å². The molecule has 0 spiro atoms. The van der Waals surface area contributed by atoms with Gasteiger partial charge < -0.3 is 77.4 Å². The molecule has 8 rings (SSSR count). The smallest absolute Gasteiger partial charge is 0.340 e. The zero-order valence-electron chi connectivity index (χ0n) is 70.7. The van der Waals surface area contributed by atoms with Gasteiger partial charge in [-0.2, -0.15) is 0 Å². The van der Waals surface area contributed by atoms with Crippen LogP contribution in [0, 0.1) is 52.3 Å². The normalized spacial score (nSPS) is 36.1. The number of amides is 1. The van der Waals surface area contributed by atoms with Crippen LogP contribution in [0.4, 0.5) is 0 Å². The molecule has 2 saturated carbocycles. The van der Waals surface area contributed by atoms with Crippen molar-refractivity contribution in [2.75, 3.05) is 75.8 Å². The summed E-state index contributed by atoms with van der Waals surface area (Å²) in [6.07, 6.45) is 12.7. The number of unbranched alkanes of at least 4 members (excludes halogenated alkanes) is 3. The average molecular weight is 1600 g/mol. The van der Waals surface area contributed by atoms with Crippen molar-refractivity contribution in [1.29, 1.82) is 0 Å². The Hall–Kier alpha value is -7.04. The molecule has 26 nitrogen and oxygen atoms in total. The Balaban J connectivity index is 0.888. The predicted molar refractivity (Wildman–Crippen MR) is 423 cm³/mol. The van der Waals surface area contributed by atoms with E-state index in [0.717, 1.165) is 18.5 Å². The molecular formula is C88H131N3O23. The van der Waals surface area contributed by atoms with Gasteiger partial charge in [0.1, 0.15) is 54.6 Å². The van der Waals surface area contributed by atoms with Crippen LogP contribution in [0.3, 0.4) is 0 Å². The van der Waals surface area contributed by atoms with E-state index in [4.69, 9.17) is 47.4 Å². The van der Waals surface area contributed by atoms with E-state index in [2.05, 4.69) is 0 Å². The molecule has 114 heavy (non-hydrogen) atoms. The van der Waals surface area contributed by atoms with Crippen molar-refractivity contribution in [3.05, 3.63) is 81.9 Å². The molecule has 5 fully saturated rings. The molecular weight excluding hydrogens is 1470 g/mol. The summed E-state index contributed by atoms with van der Waals surface area (Å²) < 4.78 is 60.4. The maximum absolute atomic E-state index is 14.9. The van der Waals surface area contributed by atoms with Crippen LogP contribution in [-0.2, 0) is 95.3 Å². The molecule has 3 saturated heterocycles. The lowest BCUT2D eigenvalue weighted by Crippen LogP contribution is -2.61. The first-order valence-electron chi connectivity index (χ1n) is 41.5. The van der Waals surface area contributed by atoms with E-state index >= 15 is 0 Å². The van der Waals surface area contributed by atoms with Crippen molar-refractivity contribution >= 4 is 58.9 Å². The Kier molecular flexibility index (Phi) is 33.6. The molecule has 2 bridgehead atoms. The van der Waals surface area contributed by atoms with Crippen molar-refractivity contribution in [2.45, 2.75) is 283 Å². The Labute approximate surface area is 674 Å². The van der Waals surface area contributed by atoms with Crippen molar-refractivity contribution in [3.8, 4) is 0 Å². The van der Waals surface area contributed by atoms with Crippen molar-refractivity contribution in [1.82, 2.24) is 14.7 Å². The van der Waals surface area contributed by atoms with E-state index in [-0.39, 0.29) is 91.8 Å². The van der Waals surface area contributed by atoms with Crippen LogP contribution in [0.2, 0.25) is 0 Å². The highest BCUT2D eigenvalue weighted by molar-refractivity contribution is 6.39. The summed E-state index contributed by atoms with van der Waals surface area (Å²) in [5.41, 5.74) is -0.268. The lowest BCUT2D eigenvalue weighted by molar-refractivity contribution is -0.265. The second kappa shape index (κ2) is 41.4. The third kappa shape index (κ3) is 22.0. The molecule has 26 heteroatoms. The van der Waals surface area contributed by atoms with Gasteiger partial charge in [0.15, 0.2) is 11.5 Å². The summed E-state index contributed by atoms with van der Waals surface area (Å²) in [6.45, 7) is 18.8. The van der Waals surface area contributed by atoms with Gasteiger partial charge in [-0.25, -0.2) is 9.59 Å². The number of ether oxygens (including phenoxy) is 10. The number of allylic oxidation sites excluding steroid dienone is 7. The quantitative estimate of drug-likeness (QED) is 0.0214. The van der Waals surface area contributed by atoms with Gasteiger partial charge in [0.05, 0.1) is 35.9 Å². The number of cyclic esters (lactones) is 2. The number of ketones is 4. The van der Waals surface area contributed by atoms with E-state index in [9.17, 15) is 63.3 Å². The molecule has 0 aromatic heterocycles. The topological polar surface area (TPSA) is 333 Å². The summed E-state index contributed by atoms with van der Waals surface area (Å²) in [5.74, 6) is -12.8. The number of carbonyl (C=O) groups is 10. The van der Waals surface area contributed by atoms with Gasteiger partial charge in [-0.3, -0.25) is 38.4 Å². The number of nitrogens with zero attached hydrogens (tertiary/aromatic N) is 3. The summed E-state index contributed by atoms with van der Waals surface area (Å²) in [7, 11) is 11.7. The zero-order valence-corrected chi connectivity index (χ0v) is 70.7. The highest BCUT2D eigenvalue weighted by atomic mass is 16.6. The van der Waals surface area contributed by atoms with Crippen molar-refractivity contribution in [3.63, 3.8) is 0 Å². The monoisotopic (exact) mass is 1600 g/mol. The number of fused-ring (bicyclic) bond motifs is 7. The van der Waals surface area contributed by atoms with E-state index in [0.29, 0.717) is 114 Å². The number of aliphatic hydroxyl groups is 3. The lowest BCUT2D eigenvalue weighted by atomic mass is 9.53. The molecule has 4 heterocycles. The fraction of sp³-hybridized carbons (Fsp3) is 0.727. The van der Waals surface area contributed by atoms with Gasteiger partial charge in [0.25, 0.3) is 11.7 Å². The molecule has 2 unspecified atom stereocenters. The van der Waals surface area contributed by atoms with E-state index in [1.807, 2.05) is 82.0 Å². The highest BCUT2D eigenvalue weighted by Gasteiger charge is 2.66. The number of Topliss-reactive ketones (excluding diaryl/α,β-unsaturated/α-hetero) is 4. The van der Waals surface area contributed by atoms with Gasteiger partial charge in [0.2, 0.25) is 11.6 Å². The molecule has 0 aromatic carbocycles. The predicted octanol–water partition coefficient (Wildman–Crippen LogP) is 10.8. The number of esters is 5. The lowest BCUT2D eigenvalue weighted by Gasteiger charge is -2.54. The van der Waals surface area contributed by atoms with Crippen LogP contribution in [0.5, 0.6) is 0 Å². The van der Waals surface area contributed by atoms with Crippen molar-refractivity contribution in [2.24, 2.45) is 52.3 Å². The summed E-state index contributed by atoms with van der Waals surface area (Å²) in [5, 5.41) is 36.0. The van der Waals surface area contributed by atoms with Gasteiger partial charge >= 0.3 is 29.8 Å². The second-order valence-electron chi connectivity index (χ2n) is 34.5. The number of methoxy groups -OCH3 is 4. The van der Waals surface area contributed by atoms with Crippen LogP contribution in [0.1, 0.15) is 210 Å². The highest BCUT2D eigenvalue weighted by Crippen LogP contribution is 2.64. The van der Waals surface area contributed by atoms with Crippen LogP contribution in [0.15, 0.2) is 81.9 Å². The average Bonchev–Trinajstić information content (AvgIpc) is 1.16. The molecule has 8 aliphatic rings. The van der Waals surface area contributed by atoms with Crippen LogP contribution in [-0.4, -0.2) is 238 Å². The molecule has 3 N–H and O–H groups in total. The fourth-order valence-electron chi connectivity index (χ4n) is 18.9. The summed E-state index contributed by atoms with van der Waals surface area (Å²) in [4.78, 5) is 147. The minimum atomic E-state index is -2.50. The first kappa shape index (κ1) is 92.5. The summed E-state index contributed by atoms with van der Waals surface area (Å²) in [6, 6.07) is -1.23. The molecule has 1 amide bonds. The van der Waals surface area contributed by atoms with E-state index in [1.165, 1.54) is 26.0 Å². The zero-order chi connectivity index (χ0) is 83.8. The number of aliphatic hydroxyl groups excluding tert-OH is 2. The van der Waals surface area contributed by atoms with Gasteiger partial charge in [-0.15, -0.1) is 0 Å². The largest absolute Gasteiger partial charge is 0.504 e. The van der Waals surface area contributed by atoms with Gasteiger partial charge in [-0.1, -0.05) is 90.8 Å². The van der Waals surface area contributed by atoms with Crippen LogP contribution in [0.25, 0.3) is 0 Å². The Morgan fingerprint density at radius 3 is 2.11 bits per heavy atom. The Morgan fingerprint density at radius 1 is 0.754 bits per heavy atom. The standard InChI is InChI=1S/C88H131N3O23/c1-51-28-21-20-22-29-52(2)66(106-15)46-60-35-33-57(7)88(104,114-60)82(100)83(101)91-41-26-25-30-63(91)85(103)111-67(47-64(93)53(3)43-56(6)78(97)81(108-17)77(96)55(5)42-51)54(4)44-59-34-37-65(68(45-59)107-16)110-72(94)31-23-18-19-24-32-73(95)112-70-38-36-62-74-76(69(109-58(8)92)48-86(62,70)9)87(10)71(50-105-14)113-84(102)61(75(87)80(99)79(74)98)49-90(13)40-27-39-89(11)12/h20-22,28-29,43,49,51,53-55,57,59-60,62-63,65-71,78,81,97,99,104H,18-19,23-27,30-42,44-48,50H2,1-17H3/b22-20+,28-21+,52-29+,56-43+,61-49+/t51-,53-,54-,55-,57-,59+,60+,62+,63+,65-,66?,67+,68-,69-,70+,71-,78-,81?,86+,87+,88-/m1/s1. The first-order valence-corrected chi connectivity index (χ1v) is 41.5. The number of hydrogen-bond donors (Lipinski definition) is 3. The minimum Gasteiger partial charge on any atom is -0.504 e. The Morgan fingerprint density at radius 2 is 1.46 bits per heavy atom. The van der Waals surface area contributed by atoms with Gasteiger partial charge in [0, 0.05) is 122 Å². The number of hydrogen-bond acceptors (Lipinski definition) is 25. The fourth-order valence-corrected chi connectivity index (χ4v) is 18.9. The molecule has 4 aliphatic heterocycles. The molecule has 21 atom stereocenters. The maximum Gasteiger partial charge on any atom is 0.340 e. The number of piperidine rings is 1. The van der Waals surface area contributed by atoms with E-state index in [1.54, 1.807) is 68.2 Å². The van der Waals surface area contributed by atoms with Crippen LogP contribution < -0.4 is 0 Å². The maximum atomic E-state index is 14.9.